The van der Waals surface area contributed by atoms with Crippen LogP contribution in [0.2, 0.25) is 0 Å². The fourth-order valence-electron chi connectivity index (χ4n) is 6.11. The second-order valence-corrected chi connectivity index (χ2v) is 11.7. The van der Waals surface area contributed by atoms with E-state index in [4.69, 9.17) is 14.2 Å². The fraction of sp³-hybridized carbons (Fsp3) is 0.216. The molecule has 1 aliphatic heterocycles. The van der Waals surface area contributed by atoms with E-state index in [9.17, 15) is 13.2 Å². The maximum absolute atomic E-state index is 15.7. The minimum absolute atomic E-state index is 0.0897. The van der Waals surface area contributed by atoms with Gasteiger partial charge in [-0.05, 0) is 53.9 Å². The smallest absolute Gasteiger partial charge is 0.425 e. The van der Waals surface area contributed by atoms with Gasteiger partial charge in [-0.15, -0.1) is 0 Å². The number of aliphatic imine (C=N–C) groups is 1. The third-order valence-electron chi connectivity index (χ3n) is 8.61. The number of ether oxygens (including phenoxy) is 3. The highest BCUT2D eigenvalue weighted by atomic mass is 19.4. The van der Waals surface area contributed by atoms with Crippen LogP contribution >= 0.6 is 0 Å². The Hall–Kier alpha value is -5.52. The number of hydrogen-bond acceptors (Lipinski definition) is 7. The van der Waals surface area contributed by atoms with Crippen LogP contribution in [-0.2, 0) is 15.8 Å². The zero-order valence-corrected chi connectivity index (χ0v) is 26.6. The van der Waals surface area contributed by atoms with Gasteiger partial charge in [0.2, 0.25) is 0 Å². The van der Waals surface area contributed by atoms with Crippen LogP contribution in [0.3, 0.4) is 0 Å². The topological polar surface area (TPSA) is 77.9 Å². The zero-order chi connectivity index (χ0) is 34.8. The molecule has 4 aromatic carbocycles. The Morgan fingerprint density at radius 1 is 0.776 bits per heavy atom. The second-order valence-electron chi connectivity index (χ2n) is 11.7. The van der Waals surface area contributed by atoms with E-state index in [1.165, 1.54) is 39.9 Å². The van der Waals surface area contributed by atoms with Gasteiger partial charge in [0.05, 0.1) is 19.8 Å². The number of nitrogens with zero attached hydrogens (tertiary/aromatic N) is 3. The van der Waals surface area contributed by atoms with Gasteiger partial charge < -0.3 is 19.5 Å². The van der Waals surface area contributed by atoms with E-state index in [1.54, 1.807) is 60.7 Å². The summed E-state index contributed by atoms with van der Waals surface area (Å²) in [6, 6.07) is 24.4. The summed E-state index contributed by atoms with van der Waals surface area (Å²) in [6.45, 7) is 1.36. The maximum Gasteiger partial charge on any atom is 0.425 e. The quantitative estimate of drug-likeness (QED) is 0.133. The summed E-state index contributed by atoms with van der Waals surface area (Å²) in [6.07, 6.45) is -4.15. The zero-order valence-electron chi connectivity index (χ0n) is 26.6. The highest BCUT2D eigenvalue weighted by Crippen LogP contribution is 2.44. The molecule has 2 heterocycles. The first-order valence-corrected chi connectivity index (χ1v) is 15.2. The van der Waals surface area contributed by atoms with Crippen molar-refractivity contribution in [1.82, 2.24) is 15.3 Å². The third-order valence-corrected chi connectivity index (χ3v) is 8.61. The van der Waals surface area contributed by atoms with E-state index in [2.05, 4.69) is 20.3 Å². The number of methoxy groups -OCH3 is 2. The number of benzene rings is 4. The fourth-order valence-corrected chi connectivity index (χ4v) is 6.11. The Morgan fingerprint density at radius 2 is 1.33 bits per heavy atom. The SMILES string of the molecule is COc1ccc(C(NC2=N[C@](C)(c3cc(-c4cncnc4)c(F)cc3F)C[C@@H](C(F)(F)F)O2)(c2ccccc2)c2ccc(OC)cc2)cc1. The van der Waals surface area contributed by atoms with Crippen molar-refractivity contribution in [2.75, 3.05) is 14.2 Å². The van der Waals surface area contributed by atoms with Crippen molar-refractivity contribution in [3.05, 3.63) is 144 Å². The average Bonchev–Trinajstić information content (AvgIpc) is 3.11. The first kappa shape index (κ1) is 33.4. The number of nitrogens with one attached hydrogen (secondary N) is 1. The molecule has 0 fully saturated rings. The van der Waals surface area contributed by atoms with Crippen LogP contribution in [0.5, 0.6) is 11.5 Å². The minimum atomic E-state index is -4.87. The molecule has 0 aliphatic carbocycles. The molecule has 2 atom stereocenters. The Labute approximate surface area is 279 Å². The van der Waals surface area contributed by atoms with Crippen molar-refractivity contribution in [3.63, 3.8) is 0 Å². The molecule has 1 aliphatic rings. The highest BCUT2D eigenvalue weighted by Gasteiger charge is 2.52. The van der Waals surface area contributed by atoms with Gasteiger partial charge in [0.15, 0.2) is 6.10 Å². The molecule has 1 N–H and O–H groups in total. The summed E-state index contributed by atoms with van der Waals surface area (Å²) in [4.78, 5) is 12.4. The normalized spacial score (nSPS) is 17.9. The van der Waals surface area contributed by atoms with Gasteiger partial charge in [0, 0.05) is 41.6 Å². The summed E-state index contributed by atoms with van der Waals surface area (Å²) in [5.74, 6) is -0.875. The predicted octanol–water partition coefficient (Wildman–Crippen LogP) is 7.94. The van der Waals surface area contributed by atoms with Crippen molar-refractivity contribution in [3.8, 4) is 22.6 Å². The first-order chi connectivity index (χ1) is 23.5. The van der Waals surface area contributed by atoms with Crippen molar-refractivity contribution in [2.45, 2.75) is 36.7 Å². The number of hydrogen-bond donors (Lipinski definition) is 1. The van der Waals surface area contributed by atoms with Gasteiger partial charge in [0.1, 0.15) is 35.0 Å². The molecule has 0 spiro atoms. The number of aromatic nitrogens is 2. The Balaban J connectivity index is 1.58. The van der Waals surface area contributed by atoms with E-state index < -0.39 is 47.4 Å². The average molecular weight is 675 g/mol. The summed E-state index contributed by atoms with van der Waals surface area (Å²) < 4.78 is 91.1. The molecule has 12 heteroatoms. The molecule has 7 nitrogen and oxygen atoms in total. The predicted molar refractivity (Wildman–Crippen MR) is 173 cm³/mol. The highest BCUT2D eigenvalue weighted by molar-refractivity contribution is 5.79. The number of alkyl halides is 3. The number of amidine groups is 1. The summed E-state index contributed by atoms with van der Waals surface area (Å²) in [5, 5.41) is 3.23. The van der Waals surface area contributed by atoms with Crippen LogP contribution < -0.4 is 14.8 Å². The monoisotopic (exact) mass is 674 g/mol. The van der Waals surface area contributed by atoms with Gasteiger partial charge >= 0.3 is 6.18 Å². The lowest BCUT2D eigenvalue weighted by atomic mass is 9.77. The molecule has 0 unspecified atom stereocenters. The van der Waals surface area contributed by atoms with Gasteiger partial charge in [0.25, 0.3) is 6.02 Å². The van der Waals surface area contributed by atoms with Crippen LogP contribution in [0.15, 0.2) is 115 Å². The number of halogens is 5. The summed E-state index contributed by atoms with van der Waals surface area (Å²) >= 11 is 0. The lowest BCUT2D eigenvalue weighted by molar-refractivity contribution is -0.209. The molecule has 49 heavy (non-hydrogen) atoms. The molecule has 0 saturated carbocycles. The Kier molecular flexibility index (Phi) is 8.98. The molecule has 0 amide bonds. The molecule has 0 bridgehead atoms. The van der Waals surface area contributed by atoms with E-state index >= 15 is 8.78 Å². The molecule has 0 saturated heterocycles. The van der Waals surface area contributed by atoms with Gasteiger partial charge in [-0.3, -0.25) is 0 Å². The molecule has 0 radical (unpaired) electrons. The molecule has 252 valence electrons. The molecule has 6 rings (SSSR count). The standard InChI is InChI=1S/C37H31F5N4O3/c1-35(30-17-29(31(38)18-32(30)39)23-20-43-22-44-21-23)19-33(37(40,41)42)49-34(45-35)46-36(24-7-5-4-6-8-24,25-9-13-27(47-2)14-10-25)26-11-15-28(48-3)16-12-26/h4-18,20-22,33H,19H2,1-3H3,(H,45,46)/t33-,35-/m0/s1. The largest absolute Gasteiger partial charge is 0.497 e. The van der Waals surface area contributed by atoms with Crippen LogP contribution in [0, 0.1) is 11.6 Å². The van der Waals surface area contributed by atoms with Crippen LogP contribution in [0.25, 0.3) is 11.1 Å². The second kappa shape index (κ2) is 13.2. The molecular weight excluding hydrogens is 643 g/mol. The third kappa shape index (κ3) is 6.50. The molecule has 5 aromatic rings. The maximum atomic E-state index is 15.7. The van der Waals surface area contributed by atoms with E-state index in [1.807, 2.05) is 18.2 Å². The van der Waals surface area contributed by atoms with Crippen molar-refractivity contribution < 1.29 is 36.2 Å². The molecule has 1 aromatic heterocycles. The minimum Gasteiger partial charge on any atom is -0.497 e. The van der Waals surface area contributed by atoms with Crippen molar-refractivity contribution in [1.29, 1.82) is 0 Å². The van der Waals surface area contributed by atoms with Gasteiger partial charge in [-0.25, -0.2) is 23.7 Å². The van der Waals surface area contributed by atoms with E-state index in [-0.39, 0.29) is 16.7 Å². The van der Waals surface area contributed by atoms with Crippen LogP contribution in [0.4, 0.5) is 22.0 Å². The summed E-state index contributed by atoms with van der Waals surface area (Å²) in [5.41, 5.74) is -1.57. The van der Waals surface area contributed by atoms with Crippen LogP contribution in [-0.4, -0.2) is 42.5 Å². The van der Waals surface area contributed by atoms with E-state index in [0.717, 1.165) is 6.07 Å². The van der Waals surface area contributed by atoms with Crippen LogP contribution in [0.1, 0.15) is 35.6 Å². The first-order valence-electron chi connectivity index (χ1n) is 15.2. The van der Waals surface area contributed by atoms with Gasteiger partial charge in [-0.1, -0.05) is 54.6 Å². The lowest BCUT2D eigenvalue weighted by Crippen LogP contribution is -2.54. The van der Waals surface area contributed by atoms with Gasteiger partial charge in [-0.2, -0.15) is 13.2 Å². The number of rotatable bonds is 8. The Morgan fingerprint density at radius 3 is 1.86 bits per heavy atom. The van der Waals surface area contributed by atoms with Crippen molar-refractivity contribution in [2.24, 2.45) is 4.99 Å². The van der Waals surface area contributed by atoms with Crippen molar-refractivity contribution >= 4 is 6.02 Å². The lowest BCUT2D eigenvalue weighted by Gasteiger charge is -2.42. The summed E-state index contributed by atoms with van der Waals surface area (Å²) in [7, 11) is 3.05. The molecular formula is C37H31F5N4O3. The Bertz CT molecular complexity index is 1890. The van der Waals surface area contributed by atoms with E-state index in [0.29, 0.717) is 34.3 Å².